The van der Waals surface area contributed by atoms with Gasteiger partial charge in [0.15, 0.2) is 0 Å². The van der Waals surface area contributed by atoms with Crippen LogP contribution in [0.3, 0.4) is 0 Å². The van der Waals surface area contributed by atoms with Gasteiger partial charge in [-0.25, -0.2) is 9.37 Å². The highest BCUT2D eigenvalue weighted by Crippen LogP contribution is 2.25. The topological polar surface area (TPSA) is 64.8 Å². The third-order valence-corrected chi connectivity index (χ3v) is 4.04. The van der Waals surface area contributed by atoms with Crippen LogP contribution in [0.4, 0.5) is 10.1 Å². The van der Waals surface area contributed by atoms with E-state index in [4.69, 9.17) is 0 Å². The van der Waals surface area contributed by atoms with Gasteiger partial charge in [-0.3, -0.25) is 4.79 Å². The Morgan fingerprint density at radius 3 is 2.58 bits per heavy atom. The van der Waals surface area contributed by atoms with Gasteiger partial charge in [-0.2, -0.15) is 0 Å². The summed E-state index contributed by atoms with van der Waals surface area (Å²) >= 11 is 0. The summed E-state index contributed by atoms with van der Waals surface area (Å²) in [5, 5.41) is 0.619. The summed E-state index contributed by atoms with van der Waals surface area (Å²) in [5.74, 6) is 0.131. The van der Waals surface area contributed by atoms with E-state index in [9.17, 15) is 9.18 Å². The maximum Gasteiger partial charge on any atom is 0.259 e. The zero-order valence-corrected chi connectivity index (χ0v) is 13.2. The summed E-state index contributed by atoms with van der Waals surface area (Å²) in [6.45, 7) is 0. The fourth-order valence-corrected chi connectivity index (χ4v) is 2.81. The summed E-state index contributed by atoms with van der Waals surface area (Å²) in [4.78, 5) is 24.5. The number of hydrogen-bond donors (Lipinski definition) is 2. The molecule has 0 bridgehead atoms. The van der Waals surface area contributed by atoms with Crippen LogP contribution in [0.1, 0.15) is 0 Å². The number of nitrogens with one attached hydrogen (secondary N) is 2. The summed E-state index contributed by atoms with van der Waals surface area (Å²) in [7, 11) is 3.51. The zero-order valence-electron chi connectivity index (χ0n) is 13.2. The van der Waals surface area contributed by atoms with E-state index in [2.05, 4.69) is 15.0 Å². The fraction of sp³-hybridized carbons (Fsp3) is 0.111. The number of nitrogens with zero attached hydrogens (tertiary/aromatic N) is 2. The fourth-order valence-electron chi connectivity index (χ4n) is 2.81. The van der Waals surface area contributed by atoms with Gasteiger partial charge < -0.3 is 14.9 Å². The number of pyridine rings is 1. The van der Waals surface area contributed by atoms with Gasteiger partial charge in [0.2, 0.25) is 0 Å². The molecule has 5 nitrogen and oxygen atoms in total. The molecule has 2 aromatic heterocycles. The molecule has 0 amide bonds. The Balaban J connectivity index is 1.94. The number of halogens is 1. The van der Waals surface area contributed by atoms with E-state index in [1.807, 2.05) is 24.3 Å². The Morgan fingerprint density at radius 2 is 1.83 bits per heavy atom. The number of H-pyrrole nitrogens is 2. The predicted molar refractivity (Wildman–Crippen MR) is 93.9 cm³/mol. The number of para-hydroxylation sites is 2. The van der Waals surface area contributed by atoms with Crippen molar-refractivity contribution in [2.24, 2.45) is 0 Å². The van der Waals surface area contributed by atoms with Crippen LogP contribution in [-0.4, -0.2) is 29.0 Å². The zero-order chi connectivity index (χ0) is 16.8. The SMILES string of the molecule is CN(C)c1cc2[nH]c(=O)c(-c3nc4ccccc4[nH]3)cc2cc1F. The van der Waals surface area contributed by atoms with Gasteiger partial charge >= 0.3 is 0 Å². The normalized spacial score (nSPS) is 11.3. The van der Waals surface area contributed by atoms with Gasteiger partial charge in [0, 0.05) is 19.5 Å². The maximum atomic E-state index is 14.2. The molecule has 0 radical (unpaired) electrons. The van der Waals surface area contributed by atoms with Gasteiger partial charge in [0.25, 0.3) is 5.56 Å². The molecule has 0 aliphatic carbocycles. The van der Waals surface area contributed by atoms with Crippen LogP contribution in [0.5, 0.6) is 0 Å². The number of rotatable bonds is 2. The molecule has 2 N–H and O–H groups in total. The van der Waals surface area contributed by atoms with E-state index in [1.54, 1.807) is 31.1 Å². The van der Waals surface area contributed by atoms with Crippen LogP contribution in [-0.2, 0) is 0 Å². The minimum Gasteiger partial charge on any atom is -0.375 e. The Hall–Kier alpha value is -3.15. The Bertz CT molecular complexity index is 1090. The second kappa shape index (κ2) is 5.19. The molecule has 0 saturated carbocycles. The predicted octanol–water partition coefficient (Wildman–Crippen LogP) is 3.28. The number of hydrogen-bond acceptors (Lipinski definition) is 3. The summed E-state index contributed by atoms with van der Waals surface area (Å²) < 4.78 is 14.2. The molecular weight excluding hydrogens is 307 g/mol. The first-order valence-corrected chi connectivity index (χ1v) is 7.52. The molecule has 0 atom stereocenters. The molecule has 6 heteroatoms. The number of imidazole rings is 1. The van der Waals surface area contributed by atoms with Crippen LogP contribution >= 0.6 is 0 Å². The molecule has 0 fully saturated rings. The third kappa shape index (κ3) is 2.23. The highest BCUT2D eigenvalue weighted by Gasteiger charge is 2.13. The van der Waals surface area contributed by atoms with E-state index in [1.165, 1.54) is 6.07 Å². The molecule has 0 unspecified atom stereocenters. The van der Waals surface area contributed by atoms with Crippen molar-refractivity contribution < 1.29 is 4.39 Å². The average Bonchev–Trinajstić information content (AvgIpc) is 2.97. The first-order valence-electron chi connectivity index (χ1n) is 7.52. The standard InChI is InChI=1S/C18H15FN4O/c1-23(2)16-9-15-10(8-12(16)19)7-11(18(24)22-15)17-20-13-5-3-4-6-14(13)21-17/h3-9H,1-2H3,(H,20,21)(H,22,24). The number of anilines is 1. The molecule has 2 heterocycles. The lowest BCUT2D eigenvalue weighted by molar-refractivity contribution is 0.628. The van der Waals surface area contributed by atoms with Crippen LogP contribution in [0.2, 0.25) is 0 Å². The lowest BCUT2D eigenvalue weighted by Gasteiger charge is -2.14. The van der Waals surface area contributed by atoms with Crippen LogP contribution < -0.4 is 10.5 Å². The number of aromatic nitrogens is 3. The van der Waals surface area contributed by atoms with Crippen molar-refractivity contribution in [3.05, 3.63) is 58.6 Å². The van der Waals surface area contributed by atoms with Gasteiger partial charge in [-0.1, -0.05) is 12.1 Å². The third-order valence-electron chi connectivity index (χ3n) is 4.04. The molecule has 0 aliphatic heterocycles. The molecule has 24 heavy (non-hydrogen) atoms. The molecule has 2 aromatic carbocycles. The van der Waals surface area contributed by atoms with Crippen molar-refractivity contribution in [1.29, 1.82) is 0 Å². The molecule has 120 valence electrons. The summed E-state index contributed by atoms with van der Waals surface area (Å²) in [5.41, 5.74) is 2.76. The summed E-state index contributed by atoms with van der Waals surface area (Å²) in [6.07, 6.45) is 0. The monoisotopic (exact) mass is 322 g/mol. The summed E-state index contributed by atoms with van der Waals surface area (Å²) in [6, 6.07) is 12.3. The van der Waals surface area contributed by atoms with Gasteiger partial charge in [-0.15, -0.1) is 0 Å². The van der Waals surface area contributed by atoms with E-state index < -0.39 is 0 Å². The van der Waals surface area contributed by atoms with Crippen molar-refractivity contribution in [2.45, 2.75) is 0 Å². The Labute approximate surface area is 136 Å². The first kappa shape index (κ1) is 14.4. The minimum absolute atomic E-state index is 0.266. The van der Waals surface area contributed by atoms with Crippen molar-refractivity contribution >= 4 is 27.6 Å². The number of fused-ring (bicyclic) bond motifs is 2. The molecule has 0 aliphatic rings. The lowest BCUT2D eigenvalue weighted by atomic mass is 10.1. The van der Waals surface area contributed by atoms with Crippen molar-refractivity contribution in [3.63, 3.8) is 0 Å². The minimum atomic E-state index is -0.338. The van der Waals surface area contributed by atoms with E-state index in [0.29, 0.717) is 28.0 Å². The Morgan fingerprint density at radius 1 is 1.04 bits per heavy atom. The molecular formula is C18H15FN4O. The molecule has 4 aromatic rings. The van der Waals surface area contributed by atoms with Crippen LogP contribution in [0.25, 0.3) is 33.3 Å². The van der Waals surface area contributed by atoms with E-state index in [0.717, 1.165) is 11.0 Å². The quantitative estimate of drug-likeness (QED) is 0.595. The van der Waals surface area contributed by atoms with Gasteiger partial charge in [0.1, 0.15) is 11.6 Å². The van der Waals surface area contributed by atoms with Crippen molar-refractivity contribution in [1.82, 2.24) is 15.0 Å². The second-order valence-corrected chi connectivity index (χ2v) is 5.90. The highest BCUT2D eigenvalue weighted by atomic mass is 19.1. The number of aromatic amines is 2. The van der Waals surface area contributed by atoms with Gasteiger partial charge in [0.05, 0.1) is 27.8 Å². The Kier molecular flexibility index (Phi) is 3.13. The number of benzene rings is 2. The lowest BCUT2D eigenvalue weighted by Crippen LogP contribution is -2.13. The van der Waals surface area contributed by atoms with E-state index >= 15 is 0 Å². The smallest absolute Gasteiger partial charge is 0.259 e. The van der Waals surface area contributed by atoms with Crippen molar-refractivity contribution in [3.8, 4) is 11.4 Å². The second-order valence-electron chi connectivity index (χ2n) is 5.90. The molecule has 4 rings (SSSR count). The maximum absolute atomic E-state index is 14.2. The average molecular weight is 322 g/mol. The van der Waals surface area contributed by atoms with E-state index in [-0.39, 0.29) is 11.4 Å². The largest absolute Gasteiger partial charge is 0.375 e. The molecule has 0 saturated heterocycles. The van der Waals surface area contributed by atoms with Crippen LogP contribution in [0, 0.1) is 5.82 Å². The van der Waals surface area contributed by atoms with Crippen molar-refractivity contribution in [2.75, 3.05) is 19.0 Å². The molecule has 0 spiro atoms. The highest BCUT2D eigenvalue weighted by molar-refractivity contribution is 5.87. The van der Waals surface area contributed by atoms with Crippen LogP contribution in [0.15, 0.2) is 47.3 Å². The first-order chi connectivity index (χ1) is 11.5. The van der Waals surface area contributed by atoms with Gasteiger partial charge in [-0.05, 0) is 30.3 Å².